The van der Waals surface area contributed by atoms with E-state index in [9.17, 15) is 0 Å². The van der Waals surface area contributed by atoms with Crippen LogP contribution in [-0.2, 0) is 0 Å². The van der Waals surface area contributed by atoms with E-state index in [1.165, 1.54) is 130 Å². The van der Waals surface area contributed by atoms with Crippen molar-refractivity contribution in [3.05, 3.63) is 323 Å². The largest absolute Gasteiger partial charge is 0.496 e. The van der Waals surface area contributed by atoms with E-state index in [-0.39, 0.29) is 0 Å². The smallest absolute Gasteiger partial charge is 0.127 e. The van der Waals surface area contributed by atoms with E-state index < -0.39 is 31.7 Å². The van der Waals surface area contributed by atoms with Crippen molar-refractivity contribution in [2.24, 2.45) is 0 Å². The van der Waals surface area contributed by atoms with Crippen LogP contribution in [0.5, 0.6) is 11.5 Å². The van der Waals surface area contributed by atoms with E-state index in [1.807, 2.05) is 0 Å². The minimum absolute atomic E-state index is 0.752. The molecule has 0 fully saturated rings. The predicted molar refractivity (Wildman–Crippen MR) is 399 cm³/mol. The van der Waals surface area contributed by atoms with Crippen molar-refractivity contribution in [3.63, 3.8) is 0 Å². The summed E-state index contributed by atoms with van der Waals surface area (Å²) in [4.78, 5) is 0. The molecule has 0 heterocycles. The average Bonchev–Trinajstić information content (AvgIpc) is 0.808. The Morgan fingerprint density at radius 1 is 0.200 bits per heavy atom. The summed E-state index contributed by atoms with van der Waals surface area (Å²) in [6, 6.07) is 99.3. The molecule has 0 unspecified atom stereocenters. The van der Waals surface area contributed by atoms with Gasteiger partial charge in [0.05, 0.1) is 14.2 Å². The highest BCUT2D eigenvalue weighted by Crippen LogP contribution is 2.48. The minimum Gasteiger partial charge on any atom is -0.496 e. The van der Waals surface area contributed by atoms with Crippen molar-refractivity contribution in [2.75, 3.05) is 14.2 Å². The molecule has 0 saturated heterocycles. The normalized spacial score (nSPS) is 11.3. The third kappa shape index (κ3) is 14.1. The molecule has 12 aromatic carbocycles. The molecule has 12 aromatic rings. The lowest BCUT2D eigenvalue weighted by molar-refractivity contribution is 0.411. The quantitative estimate of drug-likeness (QED) is 0.0898. The van der Waals surface area contributed by atoms with Crippen molar-refractivity contribution >= 4 is 95.3 Å². The monoisotopic (exact) mass is 1240 g/mol. The molecule has 0 aliphatic carbocycles. The molecule has 2 nitrogen and oxygen atoms in total. The van der Waals surface area contributed by atoms with Crippen LogP contribution in [0.25, 0.3) is 22.3 Å². The third-order valence-corrected chi connectivity index (χ3v) is 26.1. The fraction of sp³-hybridized carbons (Fsp3) is 0.143. The topological polar surface area (TPSA) is 18.5 Å². The van der Waals surface area contributed by atoms with Crippen LogP contribution < -0.4 is 73.1 Å². The van der Waals surface area contributed by atoms with Crippen molar-refractivity contribution in [3.8, 4) is 33.8 Å². The number of hydrogen-bond acceptors (Lipinski definition) is 2. The highest BCUT2D eigenvalue weighted by molar-refractivity contribution is 7.81. The van der Waals surface area contributed by atoms with Gasteiger partial charge in [-0.1, -0.05) is 299 Å². The lowest BCUT2D eigenvalue weighted by Crippen LogP contribution is -2.27. The molecule has 0 spiro atoms. The van der Waals surface area contributed by atoms with E-state index in [2.05, 4.69) is 336 Å². The van der Waals surface area contributed by atoms with E-state index in [0.717, 1.165) is 22.6 Å². The maximum absolute atomic E-state index is 6.34. The Kier molecular flexibility index (Phi) is 20.4. The van der Waals surface area contributed by atoms with Gasteiger partial charge in [-0.2, -0.15) is 0 Å². The third-order valence-electron chi connectivity index (χ3n) is 16.3. The molecule has 0 bridgehead atoms. The van der Waals surface area contributed by atoms with Gasteiger partial charge >= 0.3 is 0 Å². The Morgan fingerprint density at radius 3 is 0.644 bits per heavy atom. The van der Waals surface area contributed by atoms with E-state index in [1.54, 1.807) is 14.2 Å². The van der Waals surface area contributed by atoms with Gasteiger partial charge < -0.3 is 9.47 Å². The van der Waals surface area contributed by atoms with Gasteiger partial charge in [0.1, 0.15) is 11.5 Å². The molecule has 0 radical (unpaired) electrons. The SMILES string of the molecule is COc1cccc(P(c2cc(C)cc(C)c2)c2cc(C)cc(C)c2)c1-c1c(OC)cccc1P(c1cc(C)cc(C)c1)c1cc(C)cc(C)c1.Cc1cccc(P(c2ccccc2)c2ccccc2)c1-c1c(C)cccc1P(c1ccccc1)c1ccccc1. The summed E-state index contributed by atoms with van der Waals surface area (Å²) in [5, 5.41) is 16.2. The first kappa shape index (κ1) is 63.5. The predicted octanol–water partition coefficient (Wildman–Crippen LogP) is 16.8. The van der Waals surface area contributed by atoms with Gasteiger partial charge in [-0.3, -0.25) is 0 Å². The number of hydrogen-bond donors (Lipinski definition) is 0. The zero-order valence-electron chi connectivity index (χ0n) is 54.0. The molecule has 90 heavy (non-hydrogen) atoms. The Balaban J connectivity index is 0.000000190. The highest BCUT2D eigenvalue weighted by atomic mass is 31.1. The van der Waals surface area contributed by atoms with E-state index >= 15 is 0 Å². The second kappa shape index (κ2) is 28.8. The molecule has 0 amide bonds. The molecule has 12 rings (SSSR count). The van der Waals surface area contributed by atoms with Gasteiger partial charge in [0, 0.05) is 11.1 Å². The molecular formula is C84H80O2P4. The van der Waals surface area contributed by atoms with Crippen molar-refractivity contribution < 1.29 is 9.47 Å². The maximum Gasteiger partial charge on any atom is 0.127 e. The summed E-state index contributed by atoms with van der Waals surface area (Å²) in [7, 11) is 0.121. The average molecular weight is 1250 g/mol. The highest BCUT2D eigenvalue weighted by Gasteiger charge is 2.32. The molecule has 0 saturated carbocycles. The summed E-state index contributed by atoms with van der Waals surface area (Å²) in [6.07, 6.45) is 0. The Hall–Kier alpha value is -8.04. The van der Waals surface area contributed by atoms with Gasteiger partial charge in [-0.25, -0.2) is 0 Å². The van der Waals surface area contributed by atoms with Crippen LogP contribution in [0.4, 0.5) is 0 Å². The van der Waals surface area contributed by atoms with Gasteiger partial charge in [-0.15, -0.1) is 0 Å². The Labute approximate surface area is 541 Å². The summed E-state index contributed by atoms with van der Waals surface area (Å²) >= 11 is 0. The van der Waals surface area contributed by atoms with E-state index in [0.29, 0.717) is 0 Å². The molecule has 0 aliphatic rings. The van der Waals surface area contributed by atoms with Gasteiger partial charge in [0.2, 0.25) is 0 Å². The van der Waals surface area contributed by atoms with Crippen molar-refractivity contribution in [1.82, 2.24) is 0 Å². The molecule has 0 aromatic heterocycles. The molecule has 6 heteroatoms. The van der Waals surface area contributed by atoms with Crippen LogP contribution in [0.2, 0.25) is 0 Å². The lowest BCUT2D eigenvalue weighted by Gasteiger charge is -2.29. The second-order valence-corrected chi connectivity index (χ2v) is 32.5. The number of ether oxygens (including phenoxy) is 2. The molecule has 0 N–H and O–H groups in total. The Bertz CT molecular complexity index is 3920. The summed E-state index contributed by atoms with van der Waals surface area (Å²) in [6.45, 7) is 22.2. The first-order valence-corrected chi connectivity index (χ1v) is 36.3. The van der Waals surface area contributed by atoms with Crippen LogP contribution in [0.3, 0.4) is 0 Å². The van der Waals surface area contributed by atoms with Crippen LogP contribution in [0.1, 0.15) is 55.6 Å². The van der Waals surface area contributed by atoms with Crippen LogP contribution >= 0.6 is 31.7 Å². The zero-order valence-corrected chi connectivity index (χ0v) is 57.6. The van der Waals surface area contributed by atoms with Crippen LogP contribution in [0, 0.1) is 69.2 Å². The first-order chi connectivity index (χ1) is 43.7. The summed E-state index contributed by atoms with van der Waals surface area (Å²) < 4.78 is 12.7. The van der Waals surface area contributed by atoms with E-state index in [4.69, 9.17) is 9.47 Å². The summed E-state index contributed by atoms with van der Waals surface area (Å²) in [5.41, 5.74) is 17.8. The second-order valence-electron chi connectivity index (χ2n) is 23.7. The molecule has 0 aliphatic heterocycles. The summed E-state index contributed by atoms with van der Waals surface area (Å²) in [5.74, 6) is 1.70. The number of aryl methyl sites for hydroxylation is 10. The Morgan fingerprint density at radius 2 is 0.411 bits per heavy atom. The van der Waals surface area contributed by atoms with Crippen molar-refractivity contribution in [1.29, 1.82) is 0 Å². The van der Waals surface area contributed by atoms with Crippen LogP contribution in [-0.4, -0.2) is 14.2 Å². The molecule has 448 valence electrons. The van der Waals surface area contributed by atoms with Crippen molar-refractivity contribution in [2.45, 2.75) is 69.2 Å². The number of methoxy groups -OCH3 is 2. The zero-order chi connectivity index (χ0) is 63.0. The fourth-order valence-electron chi connectivity index (χ4n) is 12.9. The first-order valence-electron chi connectivity index (χ1n) is 31.0. The standard InChI is InChI=1S/C46H48O2P2.C38H32P2/c1-29-17-30(2)22-37(21-29)49(38-23-31(3)18-32(4)24-38)43-15-11-13-41(47-9)45(43)46-42(48-10)14-12-16-44(46)50(39-25-33(5)19-34(6)26-39)40-27-35(7)20-36(8)28-40;1-29-17-15-27-35(39(31-19-7-3-8-20-31)32-21-9-4-10-22-32)37(29)38-30(2)18-16-28-36(38)40(33-23-11-5-12-24-33)34-25-13-6-14-26-34/h11-28H,1-10H3;3-28H,1-2H3. The number of rotatable bonds is 16. The minimum atomic E-state index is -0.984. The lowest BCUT2D eigenvalue weighted by atomic mass is 9.96. The van der Waals surface area contributed by atoms with Gasteiger partial charge in [-0.05, 0) is 199 Å². The molecular weight excluding hydrogens is 1160 g/mol. The molecule has 0 atom stereocenters. The van der Waals surface area contributed by atoms with Gasteiger partial charge in [0.15, 0.2) is 0 Å². The fourth-order valence-corrected chi connectivity index (χ4v) is 23.7. The number of benzene rings is 12. The van der Waals surface area contributed by atoms with Crippen LogP contribution in [0.15, 0.2) is 267 Å². The van der Waals surface area contributed by atoms with Gasteiger partial charge in [0.25, 0.3) is 0 Å². The maximum atomic E-state index is 6.34.